The van der Waals surface area contributed by atoms with Gasteiger partial charge in [-0.3, -0.25) is 24.1 Å². The number of hydrogen-bond donors (Lipinski definition) is 1. The molecule has 0 aliphatic carbocycles. The maximum absolute atomic E-state index is 12.0. The molecule has 0 saturated carbocycles. The Balaban J connectivity index is 2.06. The van der Waals surface area contributed by atoms with Crippen molar-refractivity contribution in [3.8, 4) is 0 Å². The number of likely N-dealkylation sites (tertiary alicyclic amines) is 1. The first kappa shape index (κ1) is 26.5. The number of rotatable bonds is 17. The van der Waals surface area contributed by atoms with Gasteiger partial charge in [0.2, 0.25) is 11.8 Å². The summed E-state index contributed by atoms with van der Waals surface area (Å²) in [7, 11) is -1.49. The van der Waals surface area contributed by atoms with Gasteiger partial charge in [-0.15, -0.1) is 0 Å². The normalized spacial score (nSPS) is 14.7. The van der Waals surface area contributed by atoms with E-state index in [0.717, 1.165) is 4.90 Å². The molecule has 1 rings (SSSR count). The van der Waals surface area contributed by atoms with Gasteiger partial charge in [-0.05, 0) is 7.05 Å². The highest BCUT2D eigenvalue weighted by molar-refractivity contribution is 8.00. The van der Waals surface area contributed by atoms with Crippen LogP contribution < -0.4 is 0 Å². The fourth-order valence-electron chi connectivity index (χ4n) is 2.54. The molecule has 1 aliphatic rings. The summed E-state index contributed by atoms with van der Waals surface area (Å²) in [6.45, 7) is 1.13. The van der Waals surface area contributed by atoms with Crippen molar-refractivity contribution in [2.24, 2.45) is 0 Å². The van der Waals surface area contributed by atoms with Gasteiger partial charge >= 0.3 is 5.97 Å². The van der Waals surface area contributed by atoms with Crippen LogP contribution >= 0.6 is 11.8 Å². The zero-order valence-corrected chi connectivity index (χ0v) is 18.8. The molecule has 0 aromatic heterocycles. The number of Topliss-reactive ketones (excluding diaryl/α,β-unsaturated/α-hetero) is 1. The maximum atomic E-state index is 12.0. The SMILES string of the molecule is CN(CCOCCS(=O)(=O)CCSCCC(=O)CN1C(=O)CCC1=O)CCC(=O)O. The number of nitrogens with zero attached hydrogens (tertiary/aromatic N) is 2. The number of imide groups is 1. The number of amides is 2. The third-order valence-electron chi connectivity index (χ3n) is 4.42. The van der Waals surface area contributed by atoms with Gasteiger partial charge in [-0.2, -0.15) is 11.8 Å². The molecule has 10 nitrogen and oxygen atoms in total. The molecule has 1 fully saturated rings. The molecule has 12 heteroatoms. The molecule has 0 aromatic rings. The van der Waals surface area contributed by atoms with Crippen LogP contribution in [0.3, 0.4) is 0 Å². The van der Waals surface area contributed by atoms with Crippen LogP contribution in [0.4, 0.5) is 0 Å². The molecule has 0 radical (unpaired) electrons. The number of carboxylic acid groups (broad SMARTS) is 1. The number of aliphatic carboxylic acids is 1. The van der Waals surface area contributed by atoms with Crippen LogP contribution in [-0.2, 0) is 33.8 Å². The van der Waals surface area contributed by atoms with E-state index in [0.29, 0.717) is 31.2 Å². The van der Waals surface area contributed by atoms with E-state index in [1.807, 2.05) is 0 Å². The summed E-state index contributed by atoms with van der Waals surface area (Å²) < 4.78 is 29.3. The first-order valence-corrected chi connectivity index (χ1v) is 12.7. The number of ether oxygens (including phenoxy) is 1. The molecule has 1 N–H and O–H groups in total. The first-order chi connectivity index (χ1) is 14.1. The number of carbonyl (C=O) groups is 4. The molecule has 1 heterocycles. The summed E-state index contributed by atoms with van der Waals surface area (Å²) >= 11 is 1.34. The minimum atomic E-state index is -3.26. The molecule has 0 atom stereocenters. The van der Waals surface area contributed by atoms with Gasteiger partial charge in [-0.25, -0.2) is 8.42 Å². The van der Waals surface area contributed by atoms with Gasteiger partial charge in [0, 0.05) is 43.9 Å². The average Bonchev–Trinajstić information content (AvgIpc) is 2.97. The summed E-state index contributed by atoms with van der Waals surface area (Å²) in [5.41, 5.74) is 0. The first-order valence-electron chi connectivity index (χ1n) is 9.72. The van der Waals surface area contributed by atoms with E-state index in [1.54, 1.807) is 11.9 Å². The Morgan fingerprint density at radius 1 is 1.07 bits per heavy atom. The molecule has 2 amide bonds. The Labute approximate surface area is 181 Å². The van der Waals surface area contributed by atoms with Crippen LogP contribution in [0.2, 0.25) is 0 Å². The number of sulfone groups is 1. The van der Waals surface area contributed by atoms with Crippen LogP contribution in [-0.4, -0.2) is 110 Å². The van der Waals surface area contributed by atoms with Crippen molar-refractivity contribution in [2.45, 2.75) is 25.7 Å². The Bertz CT molecular complexity index is 695. The third kappa shape index (κ3) is 11.6. The zero-order chi connectivity index (χ0) is 22.6. The molecule has 30 heavy (non-hydrogen) atoms. The van der Waals surface area contributed by atoms with E-state index >= 15 is 0 Å². The molecule has 1 saturated heterocycles. The van der Waals surface area contributed by atoms with Gasteiger partial charge in [0.05, 0.1) is 37.7 Å². The van der Waals surface area contributed by atoms with Crippen molar-refractivity contribution in [1.29, 1.82) is 0 Å². The van der Waals surface area contributed by atoms with Crippen molar-refractivity contribution in [3.05, 3.63) is 0 Å². The van der Waals surface area contributed by atoms with Crippen LogP contribution in [0.15, 0.2) is 0 Å². The number of thioether (sulfide) groups is 1. The molecule has 0 aromatic carbocycles. The average molecular weight is 467 g/mol. The van der Waals surface area contributed by atoms with Crippen LogP contribution in [0.5, 0.6) is 0 Å². The van der Waals surface area contributed by atoms with E-state index in [-0.39, 0.29) is 67.9 Å². The van der Waals surface area contributed by atoms with Crippen LogP contribution in [0.1, 0.15) is 25.7 Å². The molecule has 172 valence electrons. The highest BCUT2D eigenvalue weighted by Crippen LogP contribution is 2.12. The smallest absolute Gasteiger partial charge is 0.304 e. The van der Waals surface area contributed by atoms with Crippen molar-refractivity contribution < 1.29 is 37.4 Å². The standard InChI is InChI=1S/C18H30N2O8S2/c1-19(6-4-18(24)25)7-8-28-9-12-30(26,27)13-11-29-10-5-15(21)14-20-16(22)2-3-17(20)23/h2-14H2,1H3,(H,24,25). The van der Waals surface area contributed by atoms with Crippen molar-refractivity contribution in [2.75, 3.05) is 62.9 Å². The number of hydrogen-bond acceptors (Lipinski definition) is 9. The lowest BCUT2D eigenvalue weighted by atomic mass is 10.3. The van der Waals surface area contributed by atoms with E-state index in [1.165, 1.54) is 11.8 Å². The second kappa shape index (κ2) is 13.7. The predicted octanol–water partition coefficient (Wildman–Crippen LogP) is -0.334. The second-order valence-electron chi connectivity index (χ2n) is 6.99. The topological polar surface area (TPSA) is 138 Å². The minimum Gasteiger partial charge on any atom is -0.481 e. The van der Waals surface area contributed by atoms with Gasteiger partial charge in [0.1, 0.15) is 0 Å². The Morgan fingerprint density at radius 2 is 1.73 bits per heavy atom. The van der Waals surface area contributed by atoms with E-state index < -0.39 is 15.8 Å². The summed E-state index contributed by atoms with van der Waals surface area (Å²) in [5, 5.41) is 8.60. The van der Waals surface area contributed by atoms with E-state index in [9.17, 15) is 27.6 Å². The number of carbonyl (C=O) groups excluding carboxylic acids is 3. The second-order valence-corrected chi connectivity index (χ2v) is 10.5. The summed E-state index contributed by atoms with van der Waals surface area (Å²) in [4.78, 5) is 48.0. The highest BCUT2D eigenvalue weighted by atomic mass is 32.2. The highest BCUT2D eigenvalue weighted by Gasteiger charge is 2.30. The molecule has 0 bridgehead atoms. The number of carboxylic acids is 1. The quantitative estimate of drug-likeness (QED) is 0.224. The van der Waals surface area contributed by atoms with Gasteiger partial charge in [0.15, 0.2) is 15.6 Å². The molecular formula is C18H30N2O8S2. The number of likely N-dealkylation sites (N-methyl/N-ethyl adjacent to an activating group) is 1. The summed E-state index contributed by atoms with van der Waals surface area (Å²) in [5.74, 6) is -1.04. The predicted molar refractivity (Wildman–Crippen MR) is 112 cm³/mol. The van der Waals surface area contributed by atoms with Gasteiger partial charge < -0.3 is 14.7 Å². The third-order valence-corrected chi connectivity index (χ3v) is 7.28. The Hall–Kier alpha value is -1.50. The van der Waals surface area contributed by atoms with E-state index in [2.05, 4.69) is 0 Å². The molecule has 0 spiro atoms. The summed E-state index contributed by atoms with van der Waals surface area (Å²) in [6.07, 6.45) is 0.538. The Kier molecular flexibility index (Phi) is 12.1. The maximum Gasteiger partial charge on any atom is 0.304 e. The lowest BCUT2D eigenvalue weighted by molar-refractivity contribution is -0.141. The lowest BCUT2D eigenvalue weighted by Gasteiger charge is -2.15. The van der Waals surface area contributed by atoms with Crippen molar-refractivity contribution in [1.82, 2.24) is 9.80 Å². The van der Waals surface area contributed by atoms with E-state index in [4.69, 9.17) is 9.84 Å². The fourth-order valence-corrected chi connectivity index (χ4v) is 5.18. The molecular weight excluding hydrogens is 436 g/mol. The summed E-state index contributed by atoms with van der Waals surface area (Å²) in [6, 6.07) is 0. The fraction of sp³-hybridized carbons (Fsp3) is 0.778. The molecule has 1 aliphatic heterocycles. The van der Waals surface area contributed by atoms with Crippen molar-refractivity contribution >= 4 is 45.2 Å². The van der Waals surface area contributed by atoms with Crippen molar-refractivity contribution in [3.63, 3.8) is 0 Å². The zero-order valence-electron chi connectivity index (χ0n) is 17.2. The largest absolute Gasteiger partial charge is 0.481 e. The monoisotopic (exact) mass is 466 g/mol. The van der Waals surface area contributed by atoms with Crippen LogP contribution in [0, 0.1) is 0 Å². The van der Waals surface area contributed by atoms with Gasteiger partial charge in [-0.1, -0.05) is 0 Å². The minimum absolute atomic E-state index is 0.0170. The lowest BCUT2D eigenvalue weighted by Crippen LogP contribution is -2.34. The molecule has 0 unspecified atom stereocenters. The Morgan fingerprint density at radius 3 is 2.37 bits per heavy atom. The number of ketones is 1. The van der Waals surface area contributed by atoms with Gasteiger partial charge in [0.25, 0.3) is 0 Å². The van der Waals surface area contributed by atoms with Crippen LogP contribution in [0.25, 0.3) is 0 Å².